The van der Waals surface area contributed by atoms with E-state index in [4.69, 9.17) is 4.74 Å². The second-order valence-electron chi connectivity index (χ2n) is 7.61. The summed E-state index contributed by atoms with van der Waals surface area (Å²) in [5.74, 6) is 1.43. The van der Waals surface area contributed by atoms with E-state index in [1.807, 2.05) is 24.1 Å². The quantitative estimate of drug-likeness (QED) is 0.888. The molecule has 1 aliphatic carbocycles. The Morgan fingerprint density at radius 1 is 1.19 bits per heavy atom. The summed E-state index contributed by atoms with van der Waals surface area (Å²) in [6, 6.07) is 12.5. The van der Waals surface area contributed by atoms with E-state index in [0.717, 1.165) is 43.5 Å². The van der Waals surface area contributed by atoms with Gasteiger partial charge < -0.3 is 15.0 Å². The normalized spacial score (nSPS) is 20.5. The smallest absolute Gasteiger partial charge is 0.226 e. The number of carbonyl (C=O) groups is 1. The number of nitrogens with one attached hydrogen (secondary N) is 1. The SMILES string of the molecule is COc1ccc2cc(CN(C)C(=O)C3CC34CCNCC4)ccc2c1.Cl. The molecule has 5 heteroatoms. The van der Waals surface area contributed by atoms with Crippen LogP contribution in [-0.2, 0) is 11.3 Å². The lowest BCUT2D eigenvalue weighted by Gasteiger charge is -2.25. The number of nitrogens with zero attached hydrogens (tertiary/aromatic N) is 1. The molecule has 2 fully saturated rings. The van der Waals surface area contributed by atoms with Crippen molar-refractivity contribution in [2.24, 2.45) is 11.3 Å². The van der Waals surface area contributed by atoms with Gasteiger partial charge in [-0.1, -0.05) is 18.2 Å². The van der Waals surface area contributed by atoms with Gasteiger partial charge in [0, 0.05) is 19.5 Å². The Morgan fingerprint density at radius 3 is 2.62 bits per heavy atom. The summed E-state index contributed by atoms with van der Waals surface area (Å²) in [7, 11) is 3.62. The van der Waals surface area contributed by atoms with Crippen LogP contribution in [0.25, 0.3) is 10.8 Å². The van der Waals surface area contributed by atoms with Crippen LogP contribution in [0.1, 0.15) is 24.8 Å². The molecule has 1 aliphatic heterocycles. The standard InChI is InChI=1S/C21H26N2O2.ClH/c1-23(20(24)19-13-21(19)7-9-22-10-8-21)14-15-3-4-17-12-18(25-2)6-5-16(17)11-15;/h3-6,11-12,19,22H,7-10,13-14H2,1-2H3;1H. The number of methoxy groups -OCH3 is 1. The third kappa shape index (κ3) is 3.53. The third-order valence-corrected chi connectivity index (χ3v) is 5.99. The fraction of sp³-hybridized carbons (Fsp3) is 0.476. The van der Waals surface area contributed by atoms with Crippen molar-refractivity contribution >= 4 is 29.1 Å². The van der Waals surface area contributed by atoms with Gasteiger partial charge >= 0.3 is 0 Å². The van der Waals surface area contributed by atoms with E-state index in [1.165, 1.54) is 10.9 Å². The van der Waals surface area contributed by atoms with Crippen LogP contribution in [0.3, 0.4) is 0 Å². The van der Waals surface area contributed by atoms with Gasteiger partial charge in [-0.3, -0.25) is 4.79 Å². The largest absolute Gasteiger partial charge is 0.497 e. The summed E-state index contributed by atoms with van der Waals surface area (Å²) in [6.45, 7) is 2.79. The van der Waals surface area contributed by atoms with E-state index in [1.54, 1.807) is 7.11 Å². The van der Waals surface area contributed by atoms with Gasteiger partial charge in [-0.25, -0.2) is 0 Å². The topological polar surface area (TPSA) is 41.6 Å². The molecule has 1 heterocycles. The number of halogens is 1. The fourth-order valence-corrected chi connectivity index (χ4v) is 4.29. The van der Waals surface area contributed by atoms with Gasteiger partial charge in [0.15, 0.2) is 0 Å². The lowest BCUT2D eigenvalue weighted by Crippen LogP contribution is -2.34. The Morgan fingerprint density at radius 2 is 1.88 bits per heavy atom. The summed E-state index contributed by atoms with van der Waals surface area (Å²) in [4.78, 5) is 14.7. The molecule has 26 heavy (non-hydrogen) atoms. The monoisotopic (exact) mass is 374 g/mol. The molecule has 1 saturated carbocycles. The molecule has 0 aromatic heterocycles. The third-order valence-electron chi connectivity index (χ3n) is 5.99. The van der Waals surface area contributed by atoms with Gasteiger partial charge in [-0.2, -0.15) is 0 Å². The van der Waals surface area contributed by atoms with Gasteiger partial charge in [-0.15, -0.1) is 12.4 Å². The highest BCUT2D eigenvalue weighted by molar-refractivity contribution is 5.86. The van der Waals surface area contributed by atoms with Crippen molar-refractivity contribution in [1.82, 2.24) is 10.2 Å². The van der Waals surface area contributed by atoms with Crippen molar-refractivity contribution in [3.05, 3.63) is 42.0 Å². The molecule has 1 N–H and O–H groups in total. The average molecular weight is 375 g/mol. The van der Waals surface area contributed by atoms with Gasteiger partial charge in [0.25, 0.3) is 0 Å². The molecule has 4 rings (SSSR count). The zero-order chi connectivity index (χ0) is 17.4. The number of carbonyl (C=O) groups excluding carboxylic acids is 1. The van der Waals surface area contributed by atoms with E-state index in [-0.39, 0.29) is 18.3 Å². The number of amides is 1. The van der Waals surface area contributed by atoms with E-state index in [0.29, 0.717) is 17.9 Å². The maximum absolute atomic E-state index is 12.8. The summed E-state index contributed by atoms with van der Waals surface area (Å²) < 4.78 is 5.28. The van der Waals surface area contributed by atoms with Crippen molar-refractivity contribution in [2.75, 3.05) is 27.2 Å². The first-order valence-electron chi connectivity index (χ1n) is 9.14. The first-order valence-corrected chi connectivity index (χ1v) is 9.14. The number of rotatable bonds is 4. The molecule has 1 saturated heterocycles. The van der Waals surface area contributed by atoms with E-state index >= 15 is 0 Å². The van der Waals surface area contributed by atoms with E-state index in [9.17, 15) is 4.79 Å². The molecule has 0 bridgehead atoms. The van der Waals surface area contributed by atoms with Gasteiger partial charge in [-0.05, 0) is 72.3 Å². The number of hydrogen-bond acceptors (Lipinski definition) is 3. The van der Waals surface area contributed by atoms with Crippen LogP contribution >= 0.6 is 12.4 Å². The van der Waals surface area contributed by atoms with Crippen LogP contribution in [0, 0.1) is 11.3 Å². The van der Waals surface area contributed by atoms with E-state index < -0.39 is 0 Å². The number of ether oxygens (including phenoxy) is 1. The lowest BCUT2D eigenvalue weighted by atomic mass is 9.91. The molecule has 2 aromatic carbocycles. The summed E-state index contributed by atoms with van der Waals surface area (Å²) >= 11 is 0. The molecule has 2 aromatic rings. The molecule has 140 valence electrons. The minimum absolute atomic E-state index is 0. The Bertz CT molecular complexity index is 802. The zero-order valence-electron chi connectivity index (χ0n) is 15.5. The number of fused-ring (bicyclic) bond motifs is 1. The second-order valence-corrected chi connectivity index (χ2v) is 7.61. The second kappa shape index (κ2) is 7.45. The first-order chi connectivity index (χ1) is 12.1. The molecule has 2 aliphatic rings. The fourth-order valence-electron chi connectivity index (χ4n) is 4.29. The molecule has 1 amide bonds. The zero-order valence-corrected chi connectivity index (χ0v) is 16.3. The maximum Gasteiger partial charge on any atom is 0.226 e. The summed E-state index contributed by atoms with van der Waals surface area (Å²) in [5.41, 5.74) is 1.48. The van der Waals surface area contributed by atoms with Gasteiger partial charge in [0.2, 0.25) is 5.91 Å². The van der Waals surface area contributed by atoms with Gasteiger partial charge in [0.1, 0.15) is 5.75 Å². The highest BCUT2D eigenvalue weighted by atomic mass is 35.5. The molecule has 0 radical (unpaired) electrons. The van der Waals surface area contributed by atoms with Crippen LogP contribution in [0.15, 0.2) is 36.4 Å². The molecule has 1 spiro atoms. The van der Waals surface area contributed by atoms with Crippen molar-refractivity contribution in [1.29, 1.82) is 0 Å². The minimum atomic E-state index is 0. The highest BCUT2D eigenvalue weighted by Crippen LogP contribution is 2.59. The molecular weight excluding hydrogens is 348 g/mol. The summed E-state index contributed by atoms with van der Waals surface area (Å²) in [6.07, 6.45) is 3.37. The lowest BCUT2D eigenvalue weighted by molar-refractivity contribution is -0.132. The highest BCUT2D eigenvalue weighted by Gasteiger charge is 2.58. The predicted molar refractivity (Wildman–Crippen MR) is 107 cm³/mol. The van der Waals surface area contributed by atoms with Crippen molar-refractivity contribution in [3.8, 4) is 5.75 Å². The summed E-state index contributed by atoms with van der Waals surface area (Å²) in [5, 5.41) is 5.74. The average Bonchev–Trinajstić information content (AvgIpc) is 3.33. The Kier molecular flexibility index (Phi) is 5.44. The number of piperidine rings is 1. The van der Waals surface area contributed by atoms with Crippen LogP contribution in [0.4, 0.5) is 0 Å². The maximum atomic E-state index is 12.8. The Labute approximate surface area is 161 Å². The molecule has 1 unspecified atom stereocenters. The van der Waals surface area contributed by atoms with Crippen molar-refractivity contribution < 1.29 is 9.53 Å². The van der Waals surface area contributed by atoms with Crippen LogP contribution in [0.2, 0.25) is 0 Å². The first kappa shape index (κ1) is 19.0. The number of hydrogen-bond donors (Lipinski definition) is 1. The van der Waals surface area contributed by atoms with Crippen molar-refractivity contribution in [3.63, 3.8) is 0 Å². The molecule has 4 nitrogen and oxygen atoms in total. The van der Waals surface area contributed by atoms with Crippen LogP contribution < -0.4 is 10.1 Å². The Hall–Kier alpha value is -1.78. The molecule has 1 atom stereocenters. The van der Waals surface area contributed by atoms with Crippen molar-refractivity contribution in [2.45, 2.75) is 25.8 Å². The van der Waals surface area contributed by atoms with E-state index in [2.05, 4.69) is 29.6 Å². The number of benzene rings is 2. The van der Waals surface area contributed by atoms with Crippen LogP contribution in [-0.4, -0.2) is 38.1 Å². The van der Waals surface area contributed by atoms with Gasteiger partial charge in [0.05, 0.1) is 7.11 Å². The van der Waals surface area contributed by atoms with Crippen LogP contribution in [0.5, 0.6) is 5.75 Å². The molecular formula is C21H27ClN2O2. The Balaban J connectivity index is 0.00000196. The minimum Gasteiger partial charge on any atom is -0.497 e. The predicted octanol–water partition coefficient (Wildman–Crippen LogP) is 3.62.